The molecule has 0 radical (unpaired) electrons. The lowest BCUT2D eigenvalue weighted by atomic mass is 10.1. The van der Waals surface area contributed by atoms with Gasteiger partial charge in [0.05, 0.1) is 25.4 Å². The number of morpholine rings is 1. The van der Waals surface area contributed by atoms with Gasteiger partial charge in [-0.15, -0.1) is 0 Å². The van der Waals surface area contributed by atoms with E-state index >= 15 is 0 Å². The summed E-state index contributed by atoms with van der Waals surface area (Å²) in [5.41, 5.74) is 0.619. The Labute approximate surface area is 126 Å². The zero-order valence-corrected chi connectivity index (χ0v) is 13.0. The van der Waals surface area contributed by atoms with Gasteiger partial charge in [-0.1, -0.05) is 12.1 Å². The highest BCUT2D eigenvalue weighted by Crippen LogP contribution is 2.21. The second-order valence-electron chi connectivity index (χ2n) is 5.54. The molecule has 0 spiro atoms. The van der Waals surface area contributed by atoms with Gasteiger partial charge in [0.2, 0.25) is 0 Å². The van der Waals surface area contributed by atoms with E-state index in [1.165, 1.54) is 0 Å². The van der Waals surface area contributed by atoms with Crippen LogP contribution in [0.4, 0.5) is 0 Å². The molecule has 1 fully saturated rings. The lowest BCUT2D eigenvalue weighted by Crippen LogP contribution is -2.46. The number of carbonyl (C=O) groups excluding carboxylic acids is 1. The molecule has 1 saturated heterocycles. The molecule has 2 rings (SSSR count). The van der Waals surface area contributed by atoms with Crippen LogP contribution in [0, 0.1) is 0 Å². The van der Waals surface area contributed by atoms with Crippen LogP contribution in [-0.2, 0) is 4.74 Å². The van der Waals surface area contributed by atoms with Crippen LogP contribution in [-0.4, -0.2) is 69.3 Å². The van der Waals surface area contributed by atoms with Gasteiger partial charge in [-0.2, -0.15) is 0 Å². The second kappa shape index (κ2) is 7.43. The third-order valence-electron chi connectivity index (χ3n) is 3.66. The minimum Gasteiger partial charge on any atom is -0.496 e. The van der Waals surface area contributed by atoms with Crippen LogP contribution < -0.4 is 4.74 Å². The van der Waals surface area contributed by atoms with Gasteiger partial charge >= 0.3 is 0 Å². The maximum atomic E-state index is 12.6. The predicted molar refractivity (Wildman–Crippen MR) is 81.8 cm³/mol. The number of hydrogen-bond donors (Lipinski definition) is 0. The van der Waals surface area contributed by atoms with Gasteiger partial charge in [0.15, 0.2) is 0 Å². The number of nitrogens with zero attached hydrogens (tertiary/aromatic N) is 2. The molecule has 1 aliphatic heterocycles. The average molecular weight is 292 g/mol. The number of benzene rings is 1. The van der Waals surface area contributed by atoms with Crippen molar-refractivity contribution in [2.75, 3.05) is 47.4 Å². The molecule has 1 unspecified atom stereocenters. The van der Waals surface area contributed by atoms with Gasteiger partial charge in [-0.05, 0) is 32.6 Å². The molecule has 1 amide bonds. The third kappa shape index (κ3) is 4.19. The van der Waals surface area contributed by atoms with E-state index in [1.54, 1.807) is 7.11 Å². The normalized spacial score (nSPS) is 18.9. The maximum Gasteiger partial charge on any atom is 0.257 e. The highest BCUT2D eigenvalue weighted by atomic mass is 16.5. The van der Waals surface area contributed by atoms with Crippen LogP contribution in [0.3, 0.4) is 0 Å². The smallest absolute Gasteiger partial charge is 0.257 e. The molecule has 0 N–H and O–H groups in total. The average Bonchev–Trinajstić information content (AvgIpc) is 2.52. The number of ether oxygens (including phenoxy) is 2. The van der Waals surface area contributed by atoms with Crippen molar-refractivity contribution in [2.24, 2.45) is 0 Å². The van der Waals surface area contributed by atoms with E-state index in [2.05, 4.69) is 4.90 Å². The van der Waals surface area contributed by atoms with Gasteiger partial charge in [0, 0.05) is 19.6 Å². The number of amides is 1. The Hall–Kier alpha value is -1.59. The molecular formula is C16H24N2O3. The largest absolute Gasteiger partial charge is 0.496 e. The fraction of sp³-hybridized carbons (Fsp3) is 0.562. The van der Waals surface area contributed by atoms with E-state index < -0.39 is 0 Å². The molecule has 0 bridgehead atoms. The Morgan fingerprint density at radius 1 is 1.43 bits per heavy atom. The van der Waals surface area contributed by atoms with Gasteiger partial charge < -0.3 is 19.3 Å². The van der Waals surface area contributed by atoms with Crippen LogP contribution in [0.15, 0.2) is 24.3 Å². The van der Waals surface area contributed by atoms with E-state index in [1.807, 2.05) is 43.3 Å². The van der Waals surface area contributed by atoms with E-state index in [0.717, 1.165) is 13.0 Å². The van der Waals surface area contributed by atoms with Crippen molar-refractivity contribution in [3.63, 3.8) is 0 Å². The van der Waals surface area contributed by atoms with Crippen molar-refractivity contribution in [3.05, 3.63) is 29.8 Å². The summed E-state index contributed by atoms with van der Waals surface area (Å²) in [6.45, 7) is 2.83. The molecule has 1 aliphatic rings. The fourth-order valence-electron chi connectivity index (χ4n) is 2.47. The Bertz CT molecular complexity index is 476. The zero-order chi connectivity index (χ0) is 15.2. The summed E-state index contributed by atoms with van der Waals surface area (Å²) >= 11 is 0. The summed E-state index contributed by atoms with van der Waals surface area (Å²) in [6, 6.07) is 7.36. The third-order valence-corrected chi connectivity index (χ3v) is 3.66. The maximum absolute atomic E-state index is 12.6. The van der Waals surface area contributed by atoms with E-state index in [0.29, 0.717) is 31.0 Å². The molecule has 0 aromatic heterocycles. The number of rotatable bonds is 5. The standard InChI is InChI=1S/C16H24N2O3/c1-17(2)9-8-13-12-18(10-11-21-13)16(19)14-6-4-5-7-15(14)20-3/h4-7,13H,8-12H2,1-3H3. The first-order valence-corrected chi connectivity index (χ1v) is 7.30. The van der Waals surface area contributed by atoms with Gasteiger partial charge in [-0.25, -0.2) is 0 Å². The summed E-state index contributed by atoms with van der Waals surface area (Å²) < 4.78 is 11.0. The minimum absolute atomic E-state index is 0.0191. The lowest BCUT2D eigenvalue weighted by Gasteiger charge is -2.33. The summed E-state index contributed by atoms with van der Waals surface area (Å²) in [4.78, 5) is 16.6. The first-order valence-electron chi connectivity index (χ1n) is 7.30. The minimum atomic E-state index is 0.0191. The van der Waals surface area contributed by atoms with Crippen molar-refractivity contribution in [3.8, 4) is 5.75 Å². The molecule has 1 heterocycles. The summed E-state index contributed by atoms with van der Waals surface area (Å²) in [6.07, 6.45) is 1.04. The number of methoxy groups -OCH3 is 1. The van der Waals surface area contributed by atoms with E-state index in [4.69, 9.17) is 9.47 Å². The van der Waals surface area contributed by atoms with Crippen LogP contribution in [0.25, 0.3) is 0 Å². The van der Waals surface area contributed by atoms with Gasteiger partial charge in [0.1, 0.15) is 5.75 Å². The van der Waals surface area contributed by atoms with Crippen molar-refractivity contribution in [2.45, 2.75) is 12.5 Å². The molecule has 0 aliphatic carbocycles. The molecule has 0 saturated carbocycles. The van der Waals surface area contributed by atoms with Crippen LogP contribution >= 0.6 is 0 Å². The molecule has 5 nitrogen and oxygen atoms in total. The Balaban J connectivity index is 2.01. The molecule has 21 heavy (non-hydrogen) atoms. The Kier molecular flexibility index (Phi) is 5.59. The monoisotopic (exact) mass is 292 g/mol. The zero-order valence-electron chi connectivity index (χ0n) is 13.0. The molecular weight excluding hydrogens is 268 g/mol. The first-order chi connectivity index (χ1) is 10.1. The van der Waals surface area contributed by atoms with Gasteiger partial charge in [0.25, 0.3) is 5.91 Å². The number of para-hydroxylation sites is 1. The van der Waals surface area contributed by atoms with Crippen LogP contribution in [0.5, 0.6) is 5.75 Å². The summed E-state index contributed by atoms with van der Waals surface area (Å²) in [5, 5.41) is 0. The van der Waals surface area contributed by atoms with Crippen molar-refractivity contribution < 1.29 is 14.3 Å². The molecule has 5 heteroatoms. The van der Waals surface area contributed by atoms with Crippen molar-refractivity contribution in [1.29, 1.82) is 0 Å². The van der Waals surface area contributed by atoms with E-state index in [-0.39, 0.29) is 12.0 Å². The predicted octanol–water partition coefficient (Wildman–Crippen LogP) is 1.49. The number of carbonyl (C=O) groups is 1. The highest BCUT2D eigenvalue weighted by Gasteiger charge is 2.26. The highest BCUT2D eigenvalue weighted by molar-refractivity contribution is 5.97. The van der Waals surface area contributed by atoms with Crippen LogP contribution in [0.1, 0.15) is 16.8 Å². The van der Waals surface area contributed by atoms with E-state index in [9.17, 15) is 4.79 Å². The summed E-state index contributed by atoms with van der Waals surface area (Å²) in [7, 11) is 5.67. The Morgan fingerprint density at radius 2 is 2.19 bits per heavy atom. The topological polar surface area (TPSA) is 42.0 Å². The lowest BCUT2D eigenvalue weighted by molar-refractivity contribution is -0.0270. The van der Waals surface area contributed by atoms with Crippen molar-refractivity contribution in [1.82, 2.24) is 9.80 Å². The molecule has 1 aromatic rings. The molecule has 116 valence electrons. The van der Waals surface area contributed by atoms with Crippen LogP contribution in [0.2, 0.25) is 0 Å². The van der Waals surface area contributed by atoms with Gasteiger partial charge in [-0.3, -0.25) is 4.79 Å². The molecule has 1 aromatic carbocycles. The second-order valence-corrected chi connectivity index (χ2v) is 5.54. The SMILES string of the molecule is COc1ccccc1C(=O)N1CCOC(CCN(C)C)C1. The number of hydrogen-bond acceptors (Lipinski definition) is 4. The fourth-order valence-corrected chi connectivity index (χ4v) is 2.47. The van der Waals surface area contributed by atoms with Crippen molar-refractivity contribution >= 4 is 5.91 Å². The Morgan fingerprint density at radius 3 is 2.90 bits per heavy atom. The summed E-state index contributed by atoms with van der Waals surface area (Å²) in [5.74, 6) is 0.643. The first kappa shape index (κ1) is 15.8. The quantitative estimate of drug-likeness (QED) is 0.824. The molecule has 1 atom stereocenters.